The number of hydrogen-bond donors (Lipinski definition) is 2. The normalized spacial score (nSPS) is 27.0. The van der Waals surface area contributed by atoms with Gasteiger partial charge in [-0.3, -0.25) is 4.79 Å². The fraction of sp³-hybridized carbons (Fsp3) is 0.400. The van der Waals surface area contributed by atoms with E-state index in [-0.39, 0.29) is 35.9 Å². The Balaban J connectivity index is 2.48. The Morgan fingerprint density at radius 3 is 2.58 bits per heavy atom. The van der Waals surface area contributed by atoms with Crippen LogP contribution in [0.5, 0.6) is 11.5 Å². The third-order valence-corrected chi connectivity index (χ3v) is 4.36. The summed E-state index contributed by atoms with van der Waals surface area (Å²) in [5, 5.41) is 20.3. The van der Waals surface area contributed by atoms with Crippen LogP contribution in [0.4, 0.5) is 0 Å². The number of hydrogen-bond acceptors (Lipinski definition) is 6. The van der Waals surface area contributed by atoms with E-state index in [4.69, 9.17) is 9.47 Å². The number of allylic oxidation sites excluding steroid dienone is 1. The molecule has 0 saturated heterocycles. The second kappa shape index (κ2) is 8.67. The van der Waals surface area contributed by atoms with Crippen LogP contribution in [0.3, 0.4) is 0 Å². The van der Waals surface area contributed by atoms with Crippen LogP contribution in [-0.2, 0) is 9.53 Å². The Morgan fingerprint density at radius 1 is 1.15 bits per heavy atom. The van der Waals surface area contributed by atoms with Crippen LogP contribution in [0.1, 0.15) is 42.6 Å². The lowest BCUT2D eigenvalue weighted by Gasteiger charge is -2.19. The maximum atomic E-state index is 12.6. The highest BCUT2D eigenvalue weighted by Crippen LogP contribution is 2.30. The van der Waals surface area contributed by atoms with Gasteiger partial charge in [-0.25, -0.2) is 4.79 Å². The number of ether oxygens (including phenoxy) is 2. The number of ketones is 1. The topological polar surface area (TPSA) is 93.1 Å². The molecule has 26 heavy (non-hydrogen) atoms. The summed E-state index contributed by atoms with van der Waals surface area (Å²) < 4.78 is 10.6. The average molecular weight is 360 g/mol. The van der Waals surface area contributed by atoms with E-state index < -0.39 is 18.2 Å². The van der Waals surface area contributed by atoms with E-state index in [1.807, 2.05) is 6.92 Å². The lowest BCUT2D eigenvalue weighted by molar-refractivity contribution is -0.115. The van der Waals surface area contributed by atoms with Gasteiger partial charge in [-0.1, -0.05) is 25.2 Å². The van der Waals surface area contributed by atoms with Crippen LogP contribution < -0.4 is 4.74 Å². The van der Waals surface area contributed by atoms with Crippen molar-refractivity contribution in [2.75, 3.05) is 7.11 Å². The Morgan fingerprint density at radius 2 is 1.88 bits per heavy atom. The second-order valence-corrected chi connectivity index (χ2v) is 6.37. The molecule has 1 unspecified atom stereocenters. The van der Waals surface area contributed by atoms with Gasteiger partial charge < -0.3 is 19.7 Å². The van der Waals surface area contributed by atoms with Gasteiger partial charge in [-0.15, -0.1) is 0 Å². The Kier molecular flexibility index (Phi) is 6.58. The van der Waals surface area contributed by atoms with Crippen LogP contribution in [0.2, 0.25) is 0 Å². The first-order chi connectivity index (χ1) is 12.3. The van der Waals surface area contributed by atoms with Crippen LogP contribution in [0, 0.1) is 5.92 Å². The number of esters is 1. The lowest BCUT2D eigenvalue weighted by Crippen LogP contribution is -2.22. The molecular weight excluding hydrogens is 336 g/mol. The minimum atomic E-state index is -0.858. The summed E-state index contributed by atoms with van der Waals surface area (Å²) in [7, 11) is 1.45. The monoisotopic (exact) mass is 360 g/mol. The van der Waals surface area contributed by atoms with Crippen molar-refractivity contribution in [3.8, 4) is 11.5 Å². The molecule has 1 aliphatic heterocycles. The SMILES string of the molecule is COc1cc(O)c2c(c1)/C=C/C(O)CCC(=O)/C=C\[C@@H](C)[C@H](C)OC2=O. The first kappa shape index (κ1) is 19.7. The molecule has 140 valence electrons. The van der Waals surface area contributed by atoms with Gasteiger partial charge in [0.05, 0.1) is 13.2 Å². The van der Waals surface area contributed by atoms with Crippen molar-refractivity contribution in [1.82, 2.24) is 0 Å². The molecular formula is C20H24O6. The number of aliphatic hydroxyl groups is 1. The van der Waals surface area contributed by atoms with Gasteiger partial charge in [0.1, 0.15) is 23.2 Å². The number of fused-ring (bicyclic) bond motifs is 1. The molecule has 6 heteroatoms. The Labute approximate surface area is 152 Å². The van der Waals surface area contributed by atoms with Crippen molar-refractivity contribution >= 4 is 17.8 Å². The van der Waals surface area contributed by atoms with Crippen molar-refractivity contribution in [3.63, 3.8) is 0 Å². The number of benzene rings is 1. The molecule has 0 fully saturated rings. The first-order valence-electron chi connectivity index (χ1n) is 8.51. The van der Waals surface area contributed by atoms with Crippen LogP contribution >= 0.6 is 0 Å². The maximum absolute atomic E-state index is 12.6. The third kappa shape index (κ3) is 4.95. The maximum Gasteiger partial charge on any atom is 0.342 e. The molecule has 1 aliphatic rings. The zero-order valence-corrected chi connectivity index (χ0v) is 15.1. The molecule has 0 saturated carbocycles. The molecule has 2 N–H and O–H groups in total. The molecule has 0 aromatic heterocycles. The number of cyclic esters (lactones) is 1. The minimum Gasteiger partial charge on any atom is -0.507 e. The smallest absolute Gasteiger partial charge is 0.342 e. The van der Waals surface area contributed by atoms with Gasteiger partial charge in [-0.2, -0.15) is 0 Å². The van der Waals surface area contributed by atoms with Crippen LogP contribution in [0.25, 0.3) is 6.08 Å². The third-order valence-electron chi connectivity index (χ3n) is 4.36. The molecule has 0 bridgehead atoms. The van der Waals surface area contributed by atoms with E-state index in [9.17, 15) is 19.8 Å². The average Bonchev–Trinajstić information content (AvgIpc) is 2.60. The first-order valence-corrected chi connectivity index (χ1v) is 8.51. The van der Waals surface area contributed by atoms with E-state index in [0.717, 1.165) is 0 Å². The number of carbonyl (C=O) groups excluding carboxylic acids is 2. The summed E-state index contributed by atoms with van der Waals surface area (Å²) in [4.78, 5) is 24.4. The number of methoxy groups -OCH3 is 1. The summed E-state index contributed by atoms with van der Waals surface area (Å²) in [6.45, 7) is 3.56. The fourth-order valence-corrected chi connectivity index (χ4v) is 2.53. The largest absolute Gasteiger partial charge is 0.507 e. The van der Waals surface area contributed by atoms with Crippen molar-refractivity contribution < 1.29 is 29.3 Å². The predicted octanol–water partition coefficient (Wildman–Crippen LogP) is 2.88. The zero-order valence-electron chi connectivity index (χ0n) is 15.1. The molecule has 0 radical (unpaired) electrons. The molecule has 0 amide bonds. The number of rotatable bonds is 1. The van der Waals surface area contributed by atoms with E-state index in [0.29, 0.717) is 11.3 Å². The molecule has 1 heterocycles. The van der Waals surface area contributed by atoms with Crippen molar-refractivity contribution in [1.29, 1.82) is 0 Å². The zero-order chi connectivity index (χ0) is 19.3. The van der Waals surface area contributed by atoms with Crippen molar-refractivity contribution in [3.05, 3.63) is 41.5 Å². The number of phenolic OH excluding ortho intramolecular Hbond substituents is 1. The van der Waals surface area contributed by atoms with Gasteiger partial charge >= 0.3 is 5.97 Å². The molecule has 6 nitrogen and oxygen atoms in total. The van der Waals surface area contributed by atoms with Gasteiger partial charge in [-0.05, 0) is 31.1 Å². The molecule has 1 aromatic rings. The number of aliphatic hydroxyl groups excluding tert-OH is 1. The van der Waals surface area contributed by atoms with Crippen molar-refractivity contribution in [2.24, 2.45) is 5.92 Å². The van der Waals surface area contributed by atoms with Crippen LogP contribution in [-0.4, -0.2) is 41.3 Å². The minimum absolute atomic E-state index is 0.00501. The Hall–Kier alpha value is -2.60. The number of carbonyl (C=O) groups is 2. The molecule has 0 spiro atoms. The molecule has 2 rings (SSSR count). The molecule has 3 atom stereocenters. The van der Waals surface area contributed by atoms with E-state index >= 15 is 0 Å². The summed E-state index contributed by atoms with van der Waals surface area (Å²) in [5.41, 5.74) is 0.370. The summed E-state index contributed by atoms with van der Waals surface area (Å²) in [6, 6.07) is 2.91. The predicted molar refractivity (Wildman–Crippen MR) is 97.1 cm³/mol. The summed E-state index contributed by atoms with van der Waals surface area (Å²) in [6.07, 6.45) is 5.25. The number of phenols is 1. The quantitative estimate of drug-likeness (QED) is 0.748. The second-order valence-electron chi connectivity index (χ2n) is 6.37. The van der Waals surface area contributed by atoms with Gasteiger partial charge in [0.15, 0.2) is 5.78 Å². The van der Waals surface area contributed by atoms with Gasteiger partial charge in [0.2, 0.25) is 0 Å². The summed E-state index contributed by atoms with van der Waals surface area (Å²) >= 11 is 0. The van der Waals surface area contributed by atoms with Crippen LogP contribution in [0.15, 0.2) is 30.4 Å². The standard InChI is InChI=1S/C20H24O6/c1-12-4-6-15(21)8-9-16(22)7-5-14-10-17(25-3)11-18(23)19(14)20(24)26-13(12)2/h4-7,10-13,16,22-23H,8-9H2,1-3H3/b6-4-,7-5+/t12-,13+,16?/m1/s1. The highest BCUT2D eigenvalue weighted by molar-refractivity contribution is 5.97. The Bertz CT molecular complexity index is 734. The van der Waals surface area contributed by atoms with E-state index in [1.165, 1.54) is 31.4 Å². The van der Waals surface area contributed by atoms with Gasteiger partial charge in [0.25, 0.3) is 0 Å². The number of aromatic hydroxyl groups is 1. The highest BCUT2D eigenvalue weighted by atomic mass is 16.5. The fourth-order valence-electron chi connectivity index (χ4n) is 2.53. The lowest BCUT2D eigenvalue weighted by atomic mass is 10.0. The van der Waals surface area contributed by atoms with E-state index in [1.54, 1.807) is 19.1 Å². The molecule has 0 aliphatic carbocycles. The summed E-state index contributed by atoms with van der Waals surface area (Å²) in [5.74, 6) is -0.861. The van der Waals surface area contributed by atoms with Crippen molar-refractivity contribution in [2.45, 2.75) is 38.9 Å². The van der Waals surface area contributed by atoms with E-state index in [2.05, 4.69) is 0 Å². The highest BCUT2D eigenvalue weighted by Gasteiger charge is 2.23. The van der Waals surface area contributed by atoms with Gasteiger partial charge in [0, 0.05) is 18.4 Å². The molecule has 1 aromatic carbocycles.